The SMILES string of the molecule is COc1cccc(C(=O)N(C)C(C)C(N)=NO)c1OC. The van der Waals surface area contributed by atoms with Gasteiger partial charge in [0.05, 0.1) is 25.8 Å². The number of likely N-dealkylation sites (N-methyl/N-ethyl adjacent to an activating group) is 1. The van der Waals surface area contributed by atoms with E-state index in [1.807, 2.05) is 0 Å². The van der Waals surface area contributed by atoms with Crippen LogP contribution < -0.4 is 15.2 Å². The molecule has 0 heterocycles. The van der Waals surface area contributed by atoms with E-state index in [4.69, 9.17) is 20.4 Å². The number of hydrogen-bond acceptors (Lipinski definition) is 5. The molecule has 110 valence electrons. The fourth-order valence-corrected chi connectivity index (χ4v) is 1.70. The van der Waals surface area contributed by atoms with Gasteiger partial charge >= 0.3 is 0 Å². The highest BCUT2D eigenvalue weighted by atomic mass is 16.5. The fourth-order valence-electron chi connectivity index (χ4n) is 1.70. The molecule has 7 heteroatoms. The molecule has 3 N–H and O–H groups in total. The summed E-state index contributed by atoms with van der Waals surface area (Å²) in [6.07, 6.45) is 0. The first-order chi connectivity index (χ1) is 9.47. The van der Waals surface area contributed by atoms with Crippen molar-refractivity contribution < 1.29 is 19.5 Å². The number of nitrogens with two attached hydrogens (primary N) is 1. The van der Waals surface area contributed by atoms with Crippen molar-refractivity contribution >= 4 is 11.7 Å². The Bertz CT molecular complexity index is 516. The monoisotopic (exact) mass is 281 g/mol. The van der Waals surface area contributed by atoms with Crippen LogP contribution in [0.2, 0.25) is 0 Å². The summed E-state index contributed by atoms with van der Waals surface area (Å²) in [7, 11) is 4.51. The van der Waals surface area contributed by atoms with Crippen molar-refractivity contribution in [2.45, 2.75) is 13.0 Å². The van der Waals surface area contributed by atoms with Crippen LogP contribution in [0.3, 0.4) is 0 Å². The smallest absolute Gasteiger partial charge is 0.258 e. The standard InChI is InChI=1S/C13H19N3O4/c1-8(12(14)15-18)16(2)13(17)9-6-5-7-10(19-3)11(9)20-4/h5-8,18H,1-4H3,(H2,14,15). The molecule has 1 amide bonds. The van der Waals surface area contributed by atoms with E-state index in [0.717, 1.165) is 0 Å². The number of ether oxygens (including phenoxy) is 2. The van der Waals surface area contributed by atoms with E-state index in [2.05, 4.69) is 5.16 Å². The van der Waals surface area contributed by atoms with Crippen molar-refractivity contribution in [2.24, 2.45) is 10.9 Å². The van der Waals surface area contributed by atoms with E-state index < -0.39 is 6.04 Å². The molecule has 0 spiro atoms. The third-order valence-corrected chi connectivity index (χ3v) is 3.08. The summed E-state index contributed by atoms with van der Waals surface area (Å²) in [5, 5.41) is 11.6. The molecule has 0 saturated heterocycles. The minimum absolute atomic E-state index is 0.0530. The second-order valence-electron chi connectivity index (χ2n) is 4.16. The van der Waals surface area contributed by atoms with Gasteiger partial charge in [0, 0.05) is 7.05 Å². The molecular weight excluding hydrogens is 262 g/mol. The van der Waals surface area contributed by atoms with Gasteiger partial charge < -0.3 is 25.3 Å². The largest absolute Gasteiger partial charge is 0.493 e. The van der Waals surface area contributed by atoms with E-state index in [-0.39, 0.29) is 11.7 Å². The molecule has 0 aliphatic rings. The van der Waals surface area contributed by atoms with Crippen LogP contribution in [0.4, 0.5) is 0 Å². The summed E-state index contributed by atoms with van der Waals surface area (Å²) >= 11 is 0. The maximum absolute atomic E-state index is 12.5. The summed E-state index contributed by atoms with van der Waals surface area (Å²) in [6.45, 7) is 1.65. The quantitative estimate of drug-likeness (QED) is 0.362. The average molecular weight is 281 g/mol. The lowest BCUT2D eigenvalue weighted by Gasteiger charge is -2.24. The molecule has 1 unspecified atom stereocenters. The number of hydrogen-bond donors (Lipinski definition) is 2. The van der Waals surface area contributed by atoms with Gasteiger partial charge in [-0.2, -0.15) is 0 Å². The van der Waals surface area contributed by atoms with Gasteiger partial charge in [-0.15, -0.1) is 0 Å². The van der Waals surface area contributed by atoms with E-state index in [0.29, 0.717) is 17.1 Å². The van der Waals surface area contributed by atoms with Crippen molar-refractivity contribution in [3.05, 3.63) is 23.8 Å². The van der Waals surface area contributed by atoms with Crippen LogP contribution in [0.25, 0.3) is 0 Å². The predicted octanol–water partition coefficient (Wildman–Crippen LogP) is 0.911. The van der Waals surface area contributed by atoms with Crippen molar-refractivity contribution in [3.63, 3.8) is 0 Å². The molecule has 1 aromatic carbocycles. The number of para-hydroxylation sites is 1. The summed E-state index contributed by atoms with van der Waals surface area (Å²) < 4.78 is 10.4. The summed E-state index contributed by atoms with van der Waals surface area (Å²) in [6, 6.07) is 4.46. The summed E-state index contributed by atoms with van der Waals surface area (Å²) in [5.41, 5.74) is 5.85. The zero-order chi connectivity index (χ0) is 15.3. The van der Waals surface area contributed by atoms with Crippen LogP contribution in [0, 0.1) is 0 Å². The van der Waals surface area contributed by atoms with Crippen molar-refractivity contribution in [2.75, 3.05) is 21.3 Å². The van der Waals surface area contributed by atoms with Gasteiger partial charge in [0.25, 0.3) is 5.91 Å². The minimum atomic E-state index is -0.552. The maximum Gasteiger partial charge on any atom is 0.258 e. The molecule has 0 aliphatic carbocycles. The molecule has 1 aromatic rings. The molecule has 0 bridgehead atoms. The predicted molar refractivity (Wildman–Crippen MR) is 74.5 cm³/mol. The number of amidine groups is 1. The number of methoxy groups -OCH3 is 2. The van der Waals surface area contributed by atoms with Crippen molar-refractivity contribution in [3.8, 4) is 11.5 Å². The van der Waals surface area contributed by atoms with E-state index in [9.17, 15) is 4.79 Å². The molecule has 20 heavy (non-hydrogen) atoms. The first kappa shape index (κ1) is 15.6. The van der Waals surface area contributed by atoms with Gasteiger partial charge in [-0.3, -0.25) is 4.79 Å². The Labute approximate surface area is 117 Å². The first-order valence-electron chi connectivity index (χ1n) is 5.93. The lowest BCUT2D eigenvalue weighted by Crippen LogP contribution is -2.43. The number of amides is 1. The first-order valence-corrected chi connectivity index (χ1v) is 5.93. The third-order valence-electron chi connectivity index (χ3n) is 3.08. The van der Waals surface area contributed by atoms with Crippen LogP contribution in [0.15, 0.2) is 23.4 Å². The van der Waals surface area contributed by atoms with Crippen LogP contribution in [0.5, 0.6) is 11.5 Å². The van der Waals surface area contributed by atoms with Gasteiger partial charge in [-0.25, -0.2) is 0 Å². The number of rotatable bonds is 5. The Morgan fingerprint density at radius 1 is 1.40 bits per heavy atom. The molecule has 1 rings (SSSR count). The Balaban J connectivity index is 3.15. The van der Waals surface area contributed by atoms with E-state index in [1.165, 1.54) is 19.1 Å². The number of oxime groups is 1. The Morgan fingerprint density at radius 2 is 2.05 bits per heavy atom. The fraction of sp³-hybridized carbons (Fsp3) is 0.385. The maximum atomic E-state index is 12.5. The second-order valence-corrected chi connectivity index (χ2v) is 4.16. The molecule has 0 fully saturated rings. The zero-order valence-electron chi connectivity index (χ0n) is 12.0. The van der Waals surface area contributed by atoms with Crippen LogP contribution in [-0.4, -0.2) is 49.2 Å². The third kappa shape index (κ3) is 2.93. The Kier molecular flexibility index (Phi) is 5.19. The molecule has 1 atom stereocenters. The van der Waals surface area contributed by atoms with Gasteiger partial charge in [-0.1, -0.05) is 11.2 Å². The summed E-state index contributed by atoms with van der Waals surface area (Å²) in [5.74, 6) is 0.435. The molecular formula is C13H19N3O4. The van der Waals surface area contributed by atoms with Crippen molar-refractivity contribution in [1.82, 2.24) is 4.90 Å². The Morgan fingerprint density at radius 3 is 2.55 bits per heavy atom. The van der Waals surface area contributed by atoms with Crippen LogP contribution in [0.1, 0.15) is 17.3 Å². The van der Waals surface area contributed by atoms with Crippen LogP contribution >= 0.6 is 0 Å². The number of benzene rings is 1. The van der Waals surface area contributed by atoms with E-state index >= 15 is 0 Å². The lowest BCUT2D eigenvalue weighted by molar-refractivity contribution is 0.0772. The highest BCUT2D eigenvalue weighted by Crippen LogP contribution is 2.31. The lowest BCUT2D eigenvalue weighted by atomic mass is 10.1. The number of nitrogens with zero attached hydrogens (tertiary/aromatic N) is 2. The average Bonchev–Trinajstić information content (AvgIpc) is 2.50. The highest BCUT2D eigenvalue weighted by Gasteiger charge is 2.24. The van der Waals surface area contributed by atoms with Crippen LogP contribution in [-0.2, 0) is 0 Å². The number of carbonyl (C=O) groups is 1. The second kappa shape index (κ2) is 6.65. The highest BCUT2D eigenvalue weighted by molar-refractivity contribution is 6.00. The van der Waals surface area contributed by atoms with Gasteiger partial charge in [0.2, 0.25) is 0 Å². The van der Waals surface area contributed by atoms with Gasteiger partial charge in [0.1, 0.15) is 0 Å². The van der Waals surface area contributed by atoms with Gasteiger partial charge in [-0.05, 0) is 19.1 Å². The van der Waals surface area contributed by atoms with E-state index in [1.54, 1.807) is 32.2 Å². The van der Waals surface area contributed by atoms with Gasteiger partial charge in [0.15, 0.2) is 17.3 Å². The molecule has 0 aliphatic heterocycles. The van der Waals surface area contributed by atoms with Crippen molar-refractivity contribution in [1.29, 1.82) is 0 Å². The topological polar surface area (TPSA) is 97.4 Å². The molecule has 0 aromatic heterocycles. The molecule has 0 radical (unpaired) electrons. The number of carbonyl (C=O) groups excluding carboxylic acids is 1. The minimum Gasteiger partial charge on any atom is -0.493 e. The zero-order valence-corrected chi connectivity index (χ0v) is 12.0. The molecule has 0 saturated carbocycles. The Hall–Kier alpha value is -2.44. The molecule has 7 nitrogen and oxygen atoms in total. The summed E-state index contributed by atoms with van der Waals surface area (Å²) in [4.78, 5) is 13.8. The normalized spacial score (nSPS) is 12.7.